The topological polar surface area (TPSA) is 76.1 Å². The van der Waals surface area contributed by atoms with Crippen LogP contribution in [-0.4, -0.2) is 23.4 Å². The summed E-state index contributed by atoms with van der Waals surface area (Å²) in [4.78, 5) is 0. The second-order valence-corrected chi connectivity index (χ2v) is 4.50. The van der Waals surface area contributed by atoms with Crippen molar-refractivity contribution in [2.24, 2.45) is 0 Å². The first-order valence-corrected chi connectivity index (χ1v) is 13.3. The monoisotopic (exact) mass is 534 g/mol. The highest BCUT2D eigenvalue weighted by Gasteiger charge is 2.05. The van der Waals surface area contributed by atoms with Crippen molar-refractivity contribution in [3.63, 3.8) is 0 Å². The Labute approximate surface area is 155 Å². The van der Waals surface area contributed by atoms with Gasteiger partial charge in [0.05, 0.1) is 5.69 Å². The molecule has 0 amide bonds. The summed E-state index contributed by atoms with van der Waals surface area (Å²) in [5, 5.41) is 13.8. The number of rotatable bonds is 4. The third kappa shape index (κ3) is 6.71. The van der Waals surface area contributed by atoms with Crippen LogP contribution in [0.5, 0.6) is 0 Å². The van der Waals surface area contributed by atoms with Gasteiger partial charge in [0.1, 0.15) is 5.76 Å². The minimum Gasteiger partial charge on any atom is -0.367 e. The number of aryl methyl sites for hydroxylation is 2. The SMILES string of the molecule is CCNc1noc(C)c1C.CCNc1onc(C)c1C.II. The molecule has 2 aromatic heterocycles. The van der Waals surface area contributed by atoms with Crippen LogP contribution in [0.4, 0.5) is 11.7 Å². The Balaban J connectivity index is 0.000000360. The average Bonchev–Trinajstić information content (AvgIpc) is 3.01. The molecule has 0 fully saturated rings. The molecule has 0 bridgehead atoms. The van der Waals surface area contributed by atoms with E-state index in [1.807, 2.05) is 41.5 Å². The van der Waals surface area contributed by atoms with E-state index in [1.165, 1.54) is 0 Å². The first-order valence-electron chi connectivity index (χ1n) is 6.98. The zero-order valence-electron chi connectivity index (χ0n) is 13.9. The Bertz CT molecular complexity index is 493. The molecule has 22 heavy (non-hydrogen) atoms. The summed E-state index contributed by atoms with van der Waals surface area (Å²) >= 11 is 4.24. The number of hydrogen-bond acceptors (Lipinski definition) is 6. The number of anilines is 2. The third-order valence-electron chi connectivity index (χ3n) is 3.00. The zero-order chi connectivity index (χ0) is 17.1. The molecular weight excluding hydrogens is 510 g/mol. The van der Waals surface area contributed by atoms with E-state index >= 15 is 0 Å². The quantitative estimate of drug-likeness (QED) is 0.525. The highest BCUT2D eigenvalue weighted by Crippen LogP contribution is 2.16. The lowest BCUT2D eigenvalue weighted by atomic mass is 10.3. The first kappa shape index (κ1) is 21.5. The summed E-state index contributed by atoms with van der Waals surface area (Å²) in [7, 11) is 0. The van der Waals surface area contributed by atoms with Gasteiger partial charge in [-0.15, -0.1) is 0 Å². The van der Waals surface area contributed by atoms with Gasteiger partial charge in [-0.1, -0.05) is 10.3 Å². The second-order valence-electron chi connectivity index (χ2n) is 4.50. The van der Waals surface area contributed by atoms with E-state index in [9.17, 15) is 0 Å². The molecule has 0 aliphatic heterocycles. The van der Waals surface area contributed by atoms with Gasteiger partial charge in [-0.05, 0) is 41.5 Å². The van der Waals surface area contributed by atoms with Gasteiger partial charge >= 0.3 is 0 Å². The molecule has 0 aliphatic rings. The molecule has 6 nitrogen and oxygen atoms in total. The predicted octanol–water partition coefficient (Wildman–Crippen LogP) is 5.22. The minimum atomic E-state index is 0.792. The van der Waals surface area contributed by atoms with E-state index in [0.717, 1.165) is 47.4 Å². The standard InChI is InChI=1S/2C7H12N2O.I2/c1-4-8-7-5(2)6(3)10-9-7;1-4-8-7-5(2)6(3)9-10-7;1-2/h4H2,1-3H3,(H,8,9);8H,4H2,1-3H3;. The molecule has 2 N–H and O–H groups in total. The molecule has 0 saturated heterocycles. The van der Waals surface area contributed by atoms with Crippen LogP contribution in [0.1, 0.15) is 36.4 Å². The van der Waals surface area contributed by atoms with Crippen LogP contribution in [0.15, 0.2) is 9.05 Å². The van der Waals surface area contributed by atoms with E-state index in [-0.39, 0.29) is 0 Å². The summed E-state index contributed by atoms with van der Waals surface area (Å²) < 4.78 is 9.91. The predicted molar refractivity (Wildman–Crippen MR) is 108 cm³/mol. The van der Waals surface area contributed by atoms with Gasteiger partial charge in [-0.2, -0.15) is 0 Å². The number of nitrogens with one attached hydrogen (secondary N) is 2. The van der Waals surface area contributed by atoms with Gasteiger partial charge in [0.2, 0.25) is 5.88 Å². The van der Waals surface area contributed by atoms with Crippen LogP contribution in [0.2, 0.25) is 0 Å². The Hall–Kier alpha value is -0.520. The van der Waals surface area contributed by atoms with Gasteiger partial charge in [0.15, 0.2) is 5.82 Å². The average molecular weight is 534 g/mol. The largest absolute Gasteiger partial charge is 0.367 e. The molecule has 2 aromatic rings. The van der Waals surface area contributed by atoms with Gasteiger partial charge in [-0.25, -0.2) is 0 Å². The number of halogens is 2. The van der Waals surface area contributed by atoms with Crippen LogP contribution in [0.25, 0.3) is 0 Å². The molecule has 0 aromatic carbocycles. The van der Waals surface area contributed by atoms with Crippen molar-refractivity contribution in [2.45, 2.75) is 41.5 Å². The molecule has 0 spiro atoms. The van der Waals surface area contributed by atoms with Crippen molar-refractivity contribution >= 4 is 48.9 Å². The fraction of sp³-hybridized carbons (Fsp3) is 0.571. The molecule has 0 atom stereocenters. The normalized spacial score (nSPS) is 9.27. The summed E-state index contributed by atoms with van der Waals surface area (Å²) in [6.07, 6.45) is 0. The lowest BCUT2D eigenvalue weighted by Crippen LogP contribution is -1.97. The fourth-order valence-corrected chi connectivity index (χ4v) is 1.49. The summed E-state index contributed by atoms with van der Waals surface area (Å²) in [6, 6.07) is 0. The van der Waals surface area contributed by atoms with Crippen LogP contribution in [0.3, 0.4) is 0 Å². The summed E-state index contributed by atoms with van der Waals surface area (Å²) in [5.74, 6) is 2.54. The van der Waals surface area contributed by atoms with Gasteiger partial charge in [0, 0.05) is 61.4 Å². The molecule has 0 unspecified atom stereocenters. The van der Waals surface area contributed by atoms with Crippen molar-refractivity contribution in [2.75, 3.05) is 23.7 Å². The lowest BCUT2D eigenvalue weighted by Gasteiger charge is -1.95. The maximum atomic E-state index is 4.97. The number of nitrogens with zero attached hydrogens (tertiary/aromatic N) is 2. The van der Waals surface area contributed by atoms with Crippen molar-refractivity contribution in [3.05, 3.63) is 22.6 Å². The third-order valence-corrected chi connectivity index (χ3v) is 3.00. The van der Waals surface area contributed by atoms with Gasteiger partial charge in [-0.3, -0.25) is 0 Å². The Morgan fingerprint density at radius 3 is 1.82 bits per heavy atom. The molecule has 0 saturated carbocycles. The zero-order valence-corrected chi connectivity index (χ0v) is 18.2. The van der Waals surface area contributed by atoms with E-state index in [2.05, 4.69) is 58.2 Å². The molecule has 2 heterocycles. The Morgan fingerprint density at radius 1 is 0.864 bits per heavy atom. The van der Waals surface area contributed by atoms with Gasteiger partial charge < -0.3 is 19.7 Å². The van der Waals surface area contributed by atoms with E-state index in [0.29, 0.717) is 0 Å². The molecule has 0 aliphatic carbocycles. The number of hydrogen-bond donors (Lipinski definition) is 2. The molecule has 0 radical (unpaired) electrons. The van der Waals surface area contributed by atoms with E-state index in [1.54, 1.807) is 0 Å². The maximum Gasteiger partial charge on any atom is 0.227 e. The van der Waals surface area contributed by atoms with Crippen molar-refractivity contribution < 1.29 is 9.05 Å². The molecule has 2 rings (SSSR count). The van der Waals surface area contributed by atoms with Crippen LogP contribution in [0, 0.1) is 27.7 Å². The maximum absolute atomic E-state index is 4.97. The highest BCUT2D eigenvalue weighted by molar-refractivity contribution is 15.0. The van der Waals surface area contributed by atoms with E-state index in [4.69, 9.17) is 9.05 Å². The summed E-state index contributed by atoms with van der Waals surface area (Å²) in [6.45, 7) is 13.6. The lowest BCUT2D eigenvalue weighted by molar-refractivity contribution is 0.399. The van der Waals surface area contributed by atoms with Crippen LogP contribution in [-0.2, 0) is 0 Å². The second kappa shape index (κ2) is 12.0. The Kier molecular flexibility index (Phi) is 11.7. The van der Waals surface area contributed by atoms with Crippen molar-refractivity contribution in [3.8, 4) is 0 Å². The smallest absolute Gasteiger partial charge is 0.227 e. The van der Waals surface area contributed by atoms with Gasteiger partial charge in [0.25, 0.3) is 0 Å². The highest BCUT2D eigenvalue weighted by atomic mass is 128. The summed E-state index contributed by atoms with van der Waals surface area (Å²) in [5.41, 5.74) is 3.15. The molecule has 126 valence electrons. The minimum absolute atomic E-state index is 0.792. The van der Waals surface area contributed by atoms with E-state index < -0.39 is 0 Å². The van der Waals surface area contributed by atoms with Crippen molar-refractivity contribution in [1.29, 1.82) is 0 Å². The van der Waals surface area contributed by atoms with Crippen LogP contribution < -0.4 is 10.6 Å². The Morgan fingerprint density at radius 2 is 1.45 bits per heavy atom. The van der Waals surface area contributed by atoms with Crippen molar-refractivity contribution in [1.82, 2.24) is 10.3 Å². The molecular formula is C14H24I2N4O2. The first-order chi connectivity index (χ1) is 10.5. The fourth-order valence-electron chi connectivity index (χ4n) is 1.49. The molecule has 8 heteroatoms. The van der Waals surface area contributed by atoms with Crippen LogP contribution >= 0.6 is 37.2 Å². The number of aromatic nitrogens is 2.